The van der Waals surface area contributed by atoms with Gasteiger partial charge in [0.05, 0.1) is 12.0 Å². The number of anilines is 1. The van der Waals surface area contributed by atoms with Gasteiger partial charge in [0.15, 0.2) is 5.75 Å². The fourth-order valence-corrected chi connectivity index (χ4v) is 2.15. The Morgan fingerprint density at radius 1 is 1.20 bits per heavy atom. The first-order valence-electron chi connectivity index (χ1n) is 7.26. The number of unbranched alkanes of at least 4 members (excludes halogenated alkanes) is 5. The lowest BCUT2D eigenvalue weighted by Crippen LogP contribution is -2.05. The first kappa shape index (κ1) is 16.3. The molecule has 0 aromatic heterocycles. The number of benzene rings is 1. The summed E-state index contributed by atoms with van der Waals surface area (Å²) in [6.45, 7) is 2.95. The number of hydrogen-bond donors (Lipinski definition) is 1. The van der Waals surface area contributed by atoms with E-state index in [1.807, 2.05) is 0 Å². The molecule has 1 aromatic rings. The molecule has 0 unspecified atom stereocenters. The summed E-state index contributed by atoms with van der Waals surface area (Å²) in [6, 6.07) is 5.08. The number of nitrogens with one attached hydrogen (secondary N) is 1. The topological polar surface area (TPSA) is 64.4 Å². The zero-order chi connectivity index (χ0) is 14.8. The smallest absolute Gasteiger partial charge is 0.333 e. The Morgan fingerprint density at radius 2 is 1.90 bits per heavy atom. The van der Waals surface area contributed by atoms with Gasteiger partial charge in [0.25, 0.3) is 0 Å². The SMILES string of the molecule is CCCCCCCCNc1cccc(OC)c1[N+](=O)[O-]. The quantitative estimate of drug-likeness (QED) is 0.392. The second-order valence-electron chi connectivity index (χ2n) is 4.81. The summed E-state index contributed by atoms with van der Waals surface area (Å²) in [5.74, 6) is 0.294. The third kappa shape index (κ3) is 5.07. The van der Waals surface area contributed by atoms with Gasteiger partial charge in [0, 0.05) is 6.54 Å². The molecule has 0 bridgehead atoms. The monoisotopic (exact) mass is 280 g/mol. The van der Waals surface area contributed by atoms with Crippen molar-refractivity contribution in [1.29, 1.82) is 0 Å². The molecule has 0 heterocycles. The van der Waals surface area contributed by atoms with Gasteiger partial charge in [-0.25, -0.2) is 0 Å². The summed E-state index contributed by atoms with van der Waals surface area (Å²) in [4.78, 5) is 10.7. The molecule has 0 saturated heterocycles. The minimum absolute atomic E-state index is 0.0148. The van der Waals surface area contributed by atoms with Crippen LogP contribution >= 0.6 is 0 Å². The van der Waals surface area contributed by atoms with Crippen molar-refractivity contribution in [2.24, 2.45) is 0 Å². The Balaban J connectivity index is 2.45. The van der Waals surface area contributed by atoms with E-state index in [-0.39, 0.29) is 5.69 Å². The van der Waals surface area contributed by atoms with Gasteiger partial charge >= 0.3 is 5.69 Å². The molecule has 0 amide bonds. The highest BCUT2D eigenvalue weighted by Gasteiger charge is 2.19. The zero-order valence-corrected chi connectivity index (χ0v) is 12.4. The largest absolute Gasteiger partial charge is 0.490 e. The van der Waals surface area contributed by atoms with Crippen molar-refractivity contribution < 1.29 is 9.66 Å². The van der Waals surface area contributed by atoms with Crippen molar-refractivity contribution in [3.05, 3.63) is 28.3 Å². The second-order valence-corrected chi connectivity index (χ2v) is 4.81. The molecule has 20 heavy (non-hydrogen) atoms. The van der Waals surface area contributed by atoms with Crippen LogP contribution in [0, 0.1) is 10.1 Å². The zero-order valence-electron chi connectivity index (χ0n) is 12.4. The standard InChI is InChI=1S/C15H24N2O3/c1-3-4-5-6-7-8-12-16-13-10-9-11-14(20-2)15(13)17(18)19/h9-11,16H,3-8,12H2,1-2H3. The third-order valence-electron chi connectivity index (χ3n) is 3.25. The number of para-hydroxylation sites is 1. The van der Waals surface area contributed by atoms with Crippen LogP contribution in [0.25, 0.3) is 0 Å². The molecule has 0 fully saturated rings. The van der Waals surface area contributed by atoms with Gasteiger partial charge < -0.3 is 10.1 Å². The fraction of sp³-hybridized carbons (Fsp3) is 0.600. The molecule has 1 rings (SSSR count). The highest BCUT2D eigenvalue weighted by atomic mass is 16.6. The highest BCUT2D eigenvalue weighted by Crippen LogP contribution is 2.34. The van der Waals surface area contributed by atoms with Crippen molar-refractivity contribution >= 4 is 11.4 Å². The summed E-state index contributed by atoms with van der Waals surface area (Å²) in [5, 5.41) is 14.2. The summed E-state index contributed by atoms with van der Waals surface area (Å²) in [5.41, 5.74) is 0.545. The molecule has 1 N–H and O–H groups in total. The van der Waals surface area contributed by atoms with Crippen LogP contribution < -0.4 is 10.1 Å². The number of nitro benzene ring substituents is 1. The summed E-state index contributed by atoms with van der Waals surface area (Å²) < 4.78 is 5.04. The Morgan fingerprint density at radius 3 is 2.55 bits per heavy atom. The van der Waals surface area contributed by atoms with E-state index < -0.39 is 4.92 Å². The van der Waals surface area contributed by atoms with Gasteiger partial charge in [-0.3, -0.25) is 10.1 Å². The van der Waals surface area contributed by atoms with E-state index in [4.69, 9.17) is 4.74 Å². The predicted molar refractivity (Wildman–Crippen MR) is 81.5 cm³/mol. The molecule has 0 spiro atoms. The Labute approximate surface area is 120 Å². The minimum atomic E-state index is -0.400. The van der Waals surface area contributed by atoms with Crippen LogP contribution in [-0.4, -0.2) is 18.6 Å². The summed E-state index contributed by atoms with van der Waals surface area (Å²) in [7, 11) is 1.44. The molecule has 0 atom stereocenters. The summed E-state index contributed by atoms with van der Waals surface area (Å²) in [6.07, 6.45) is 7.22. The van der Waals surface area contributed by atoms with Crippen LogP contribution in [0.2, 0.25) is 0 Å². The van der Waals surface area contributed by atoms with Crippen molar-refractivity contribution in [3.8, 4) is 5.75 Å². The van der Waals surface area contributed by atoms with E-state index in [1.54, 1.807) is 18.2 Å². The van der Waals surface area contributed by atoms with E-state index in [0.717, 1.165) is 19.4 Å². The van der Waals surface area contributed by atoms with Gasteiger partial charge in [-0.05, 0) is 18.6 Å². The molecule has 5 heteroatoms. The molecule has 0 aliphatic rings. The first-order valence-corrected chi connectivity index (χ1v) is 7.26. The molecule has 0 aliphatic carbocycles. The predicted octanol–water partition coefficient (Wildman–Crippen LogP) is 4.38. The molecule has 5 nitrogen and oxygen atoms in total. The lowest BCUT2D eigenvalue weighted by Gasteiger charge is -2.09. The number of ether oxygens (including phenoxy) is 1. The molecular weight excluding hydrogens is 256 g/mol. The van der Waals surface area contributed by atoms with Crippen LogP contribution in [-0.2, 0) is 0 Å². The van der Waals surface area contributed by atoms with E-state index >= 15 is 0 Å². The Bertz CT molecular complexity index is 422. The van der Waals surface area contributed by atoms with Crippen LogP contribution in [0.4, 0.5) is 11.4 Å². The lowest BCUT2D eigenvalue weighted by molar-refractivity contribution is -0.384. The van der Waals surface area contributed by atoms with Crippen LogP contribution in [0.15, 0.2) is 18.2 Å². The van der Waals surface area contributed by atoms with Gasteiger partial charge in [0.2, 0.25) is 0 Å². The fourth-order valence-electron chi connectivity index (χ4n) is 2.15. The van der Waals surface area contributed by atoms with Gasteiger partial charge in [-0.1, -0.05) is 45.1 Å². The maximum atomic E-state index is 11.1. The van der Waals surface area contributed by atoms with Crippen LogP contribution in [0.5, 0.6) is 5.75 Å². The number of nitro groups is 1. The van der Waals surface area contributed by atoms with Crippen LogP contribution in [0.3, 0.4) is 0 Å². The Kier molecular flexibility index (Phi) is 7.47. The van der Waals surface area contributed by atoms with E-state index in [9.17, 15) is 10.1 Å². The number of methoxy groups -OCH3 is 1. The second kappa shape index (κ2) is 9.18. The number of rotatable bonds is 10. The van der Waals surface area contributed by atoms with Crippen molar-refractivity contribution in [2.75, 3.05) is 19.0 Å². The van der Waals surface area contributed by atoms with E-state index in [2.05, 4.69) is 12.2 Å². The lowest BCUT2D eigenvalue weighted by atomic mass is 10.1. The van der Waals surface area contributed by atoms with E-state index in [1.165, 1.54) is 32.8 Å². The minimum Gasteiger partial charge on any atom is -0.490 e. The number of nitrogens with zero attached hydrogens (tertiary/aromatic N) is 1. The molecule has 1 aromatic carbocycles. The third-order valence-corrected chi connectivity index (χ3v) is 3.25. The number of hydrogen-bond acceptors (Lipinski definition) is 4. The van der Waals surface area contributed by atoms with Crippen LogP contribution in [0.1, 0.15) is 45.4 Å². The molecule has 0 aliphatic heterocycles. The highest BCUT2D eigenvalue weighted by molar-refractivity contribution is 5.68. The van der Waals surface area contributed by atoms with E-state index in [0.29, 0.717) is 11.4 Å². The maximum absolute atomic E-state index is 11.1. The molecule has 0 radical (unpaired) electrons. The molecule has 112 valence electrons. The Hall–Kier alpha value is -1.78. The summed E-state index contributed by atoms with van der Waals surface area (Å²) >= 11 is 0. The van der Waals surface area contributed by atoms with Crippen molar-refractivity contribution in [2.45, 2.75) is 45.4 Å². The average Bonchev–Trinajstić information content (AvgIpc) is 2.45. The average molecular weight is 280 g/mol. The van der Waals surface area contributed by atoms with Gasteiger partial charge in [-0.2, -0.15) is 0 Å². The van der Waals surface area contributed by atoms with Crippen molar-refractivity contribution in [1.82, 2.24) is 0 Å². The van der Waals surface area contributed by atoms with Gasteiger partial charge in [0.1, 0.15) is 5.69 Å². The maximum Gasteiger partial charge on any atom is 0.333 e. The first-order chi connectivity index (χ1) is 9.70. The normalized spacial score (nSPS) is 10.3. The van der Waals surface area contributed by atoms with Crippen molar-refractivity contribution in [3.63, 3.8) is 0 Å². The molecule has 0 saturated carbocycles. The van der Waals surface area contributed by atoms with Gasteiger partial charge in [-0.15, -0.1) is 0 Å². The molecular formula is C15H24N2O3.